The van der Waals surface area contributed by atoms with Gasteiger partial charge in [0.15, 0.2) is 0 Å². The molecule has 0 spiro atoms. The van der Waals surface area contributed by atoms with E-state index in [-0.39, 0.29) is 17.7 Å². The predicted molar refractivity (Wildman–Crippen MR) is 124 cm³/mol. The Balaban J connectivity index is 1.85. The maximum Gasteiger partial charge on any atom is 0.230 e. The molecule has 2 heterocycles. The molecule has 0 bridgehead atoms. The lowest BCUT2D eigenvalue weighted by atomic mass is 9.73. The van der Waals surface area contributed by atoms with E-state index in [2.05, 4.69) is 43.1 Å². The van der Waals surface area contributed by atoms with Crippen molar-refractivity contribution in [2.24, 2.45) is 11.3 Å². The quantitative estimate of drug-likeness (QED) is 0.665. The minimum atomic E-state index is -0.568. The highest BCUT2D eigenvalue weighted by Crippen LogP contribution is 2.37. The van der Waals surface area contributed by atoms with E-state index in [0.29, 0.717) is 13.0 Å². The standard InChI is InChI=1S/C26H35N3O2/c1-5-21(6-2)24(30)29-17-7-14-26(19-29,25(31)28(3)4)18-20-8-10-22(11-9-20)23-12-15-27-16-13-23/h8-13,15-16,21H,5-7,14,17-19H2,1-4H3/t26-/m1/s1. The molecule has 5 heteroatoms. The van der Waals surface area contributed by atoms with Crippen LogP contribution in [0.1, 0.15) is 45.1 Å². The summed E-state index contributed by atoms with van der Waals surface area (Å²) >= 11 is 0. The molecule has 1 aliphatic rings. The molecule has 0 saturated carbocycles. The molecule has 0 N–H and O–H groups in total. The lowest BCUT2D eigenvalue weighted by Crippen LogP contribution is -2.55. The van der Waals surface area contributed by atoms with Crippen LogP contribution < -0.4 is 0 Å². The Morgan fingerprint density at radius 3 is 2.23 bits per heavy atom. The monoisotopic (exact) mass is 421 g/mol. The minimum absolute atomic E-state index is 0.0462. The molecule has 1 aromatic heterocycles. The van der Waals surface area contributed by atoms with Crippen molar-refractivity contribution in [1.29, 1.82) is 0 Å². The third-order valence-corrected chi connectivity index (χ3v) is 6.59. The van der Waals surface area contributed by atoms with Gasteiger partial charge >= 0.3 is 0 Å². The number of carbonyl (C=O) groups is 2. The Hall–Kier alpha value is -2.69. The fraction of sp³-hybridized carbons (Fsp3) is 0.500. The zero-order valence-corrected chi connectivity index (χ0v) is 19.3. The van der Waals surface area contributed by atoms with E-state index in [9.17, 15) is 9.59 Å². The topological polar surface area (TPSA) is 53.5 Å². The van der Waals surface area contributed by atoms with Gasteiger partial charge in [0.25, 0.3) is 0 Å². The van der Waals surface area contributed by atoms with E-state index in [1.165, 1.54) is 0 Å². The number of hydrogen-bond donors (Lipinski definition) is 0. The van der Waals surface area contributed by atoms with E-state index in [4.69, 9.17) is 0 Å². The summed E-state index contributed by atoms with van der Waals surface area (Å²) in [5, 5.41) is 0. The van der Waals surface area contributed by atoms with Crippen LogP contribution in [-0.4, -0.2) is 53.8 Å². The van der Waals surface area contributed by atoms with Gasteiger partial charge in [0.05, 0.1) is 5.41 Å². The molecular weight excluding hydrogens is 386 g/mol. The van der Waals surface area contributed by atoms with Crippen LogP contribution in [0.15, 0.2) is 48.8 Å². The van der Waals surface area contributed by atoms with Gasteiger partial charge in [0.2, 0.25) is 11.8 Å². The first-order valence-electron chi connectivity index (χ1n) is 11.4. The molecule has 5 nitrogen and oxygen atoms in total. The summed E-state index contributed by atoms with van der Waals surface area (Å²) in [6.07, 6.45) is 7.59. The fourth-order valence-corrected chi connectivity index (χ4v) is 4.83. The second-order valence-corrected chi connectivity index (χ2v) is 8.97. The van der Waals surface area contributed by atoms with E-state index in [0.717, 1.165) is 48.9 Å². The second kappa shape index (κ2) is 10.1. The van der Waals surface area contributed by atoms with Crippen molar-refractivity contribution in [1.82, 2.24) is 14.8 Å². The molecule has 1 fully saturated rings. The zero-order valence-electron chi connectivity index (χ0n) is 19.3. The number of benzene rings is 1. The molecule has 166 valence electrons. The van der Waals surface area contributed by atoms with Crippen molar-refractivity contribution in [3.05, 3.63) is 54.4 Å². The fourth-order valence-electron chi connectivity index (χ4n) is 4.83. The van der Waals surface area contributed by atoms with Gasteiger partial charge in [-0.1, -0.05) is 38.1 Å². The maximum atomic E-state index is 13.4. The molecule has 0 radical (unpaired) electrons. The van der Waals surface area contributed by atoms with E-state index < -0.39 is 5.41 Å². The number of hydrogen-bond acceptors (Lipinski definition) is 3. The highest BCUT2D eigenvalue weighted by Gasteiger charge is 2.44. The van der Waals surface area contributed by atoms with Crippen LogP contribution in [-0.2, 0) is 16.0 Å². The molecule has 1 atom stereocenters. The van der Waals surface area contributed by atoms with Gasteiger partial charge in [-0.25, -0.2) is 0 Å². The first-order valence-corrected chi connectivity index (χ1v) is 11.4. The Morgan fingerprint density at radius 1 is 1.03 bits per heavy atom. The Kier molecular flexibility index (Phi) is 7.47. The molecule has 0 aliphatic carbocycles. The summed E-state index contributed by atoms with van der Waals surface area (Å²) < 4.78 is 0. The Bertz CT molecular complexity index is 875. The molecule has 2 aromatic rings. The first kappa shape index (κ1) is 23.0. The molecular formula is C26H35N3O2. The van der Waals surface area contributed by atoms with Crippen LogP contribution in [0.2, 0.25) is 0 Å². The summed E-state index contributed by atoms with van der Waals surface area (Å²) in [7, 11) is 3.64. The van der Waals surface area contributed by atoms with Crippen molar-refractivity contribution in [3.8, 4) is 11.1 Å². The van der Waals surface area contributed by atoms with Crippen LogP contribution in [0.4, 0.5) is 0 Å². The van der Waals surface area contributed by atoms with E-state index >= 15 is 0 Å². The number of pyridine rings is 1. The SMILES string of the molecule is CCC(CC)C(=O)N1CCC[C@](Cc2ccc(-c3ccncc3)cc2)(C(=O)N(C)C)C1. The van der Waals surface area contributed by atoms with Crippen LogP contribution in [0.3, 0.4) is 0 Å². The van der Waals surface area contributed by atoms with Crippen molar-refractivity contribution >= 4 is 11.8 Å². The summed E-state index contributed by atoms with van der Waals surface area (Å²) in [4.78, 5) is 34.2. The molecule has 31 heavy (non-hydrogen) atoms. The number of aromatic nitrogens is 1. The highest BCUT2D eigenvalue weighted by atomic mass is 16.2. The summed E-state index contributed by atoms with van der Waals surface area (Å²) in [5.41, 5.74) is 2.82. The maximum absolute atomic E-state index is 13.4. The lowest BCUT2D eigenvalue weighted by Gasteiger charge is -2.44. The third-order valence-electron chi connectivity index (χ3n) is 6.59. The third kappa shape index (κ3) is 5.15. The van der Waals surface area contributed by atoms with Gasteiger partial charge in [-0.15, -0.1) is 0 Å². The molecule has 2 amide bonds. The molecule has 1 aliphatic heterocycles. The normalized spacial score (nSPS) is 18.8. The van der Waals surface area contributed by atoms with Crippen LogP contribution in [0, 0.1) is 11.3 Å². The lowest BCUT2D eigenvalue weighted by molar-refractivity contribution is -0.149. The van der Waals surface area contributed by atoms with E-state index in [1.54, 1.807) is 17.3 Å². The zero-order chi connectivity index (χ0) is 22.4. The number of nitrogens with zero attached hydrogens (tertiary/aromatic N) is 3. The molecule has 0 unspecified atom stereocenters. The molecule has 1 aromatic carbocycles. The highest BCUT2D eigenvalue weighted by molar-refractivity contribution is 5.85. The number of piperidine rings is 1. The van der Waals surface area contributed by atoms with Crippen LogP contribution >= 0.6 is 0 Å². The van der Waals surface area contributed by atoms with Crippen molar-refractivity contribution in [2.45, 2.75) is 46.0 Å². The van der Waals surface area contributed by atoms with Crippen molar-refractivity contribution in [2.75, 3.05) is 27.2 Å². The predicted octanol–water partition coefficient (Wildman–Crippen LogP) is 4.42. The Morgan fingerprint density at radius 2 is 1.65 bits per heavy atom. The molecule has 1 saturated heterocycles. The largest absolute Gasteiger partial charge is 0.348 e. The second-order valence-electron chi connectivity index (χ2n) is 8.97. The van der Waals surface area contributed by atoms with Gasteiger partial charge in [-0.05, 0) is 60.9 Å². The van der Waals surface area contributed by atoms with Crippen molar-refractivity contribution in [3.63, 3.8) is 0 Å². The van der Waals surface area contributed by atoms with Crippen molar-refractivity contribution < 1.29 is 9.59 Å². The van der Waals surface area contributed by atoms with Gasteiger partial charge in [0, 0.05) is 45.5 Å². The van der Waals surface area contributed by atoms with Crippen LogP contribution in [0.25, 0.3) is 11.1 Å². The Labute approximate surface area is 186 Å². The van der Waals surface area contributed by atoms with Gasteiger partial charge < -0.3 is 9.80 Å². The molecule has 3 rings (SSSR count). The number of rotatable bonds is 7. The van der Waals surface area contributed by atoms with Crippen LogP contribution in [0.5, 0.6) is 0 Å². The smallest absolute Gasteiger partial charge is 0.230 e. The van der Waals surface area contributed by atoms with Gasteiger partial charge in [-0.3, -0.25) is 14.6 Å². The number of carbonyl (C=O) groups excluding carboxylic acids is 2. The number of likely N-dealkylation sites (tertiary alicyclic amines) is 1. The first-order chi connectivity index (χ1) is 14.9. The average Bonchev–Trinajstić information content (AvgIpc) is 2.80. The number of amides is 2. The average molecular weight is 422 g/mol. The summed E-state index contributed by atoms with van der Waals surface area (Å²) in [6, 6.07) is 12.4. The summed E-state index contributed by atoms with van der Waals surface area (Å²) in [5.74, 6) is 0.367. The van der Waals surface area contributed by atoms with Gasteiger partial charge in [-0.2, -0.15) is 0 Å². The minimum Gasteiger partial charge on any atom is -0.348 e. The van der Waals surface area contributed by atoms with Gasteiger partial charge in [0.1, 0.15) is 0 Å². The van der Waals surface area contributed by atoms with E-state index in [1.807, 2.05) is 31.1 Å². The summed E-state index contributed by atoms with van der Waals surface area (Å²) in [6.45, 7) is 5.39.